The number of nitrogens with one attached hydrogen (secondary N) is 1. The van der Waals surface area contributed by atoms with Crippen molar-refractivity contribution < 1.29 is 14.6 Å². The van der Waals surface area contributed by atoms with Gasteiger partial charge in [-0.05, 0) is 6.07 Å². The van der Waals surface area contributed by atoms with Gasteiger partial charge in [-0.25, -0.2) is 4.79 Å². The molecule has 0 spiro atoms. The summed E-state index contributed by atoms with van der Waals surface area (Å²) in [4.78, 5) is 13.2. The zero-order chi connectivity index (χ0) is 12.8. The fourth-order valence-electron chi connectivity index (χ4n) is 1.79. The standard InChI is InChI=1S/C11H16N4O3/c16-11(17)9-1-2-13-14-10(9)12-3-4-15-5-7-18-8-6-15/h1-2H,3-8H2,(H,12,14)(H,16,17). The Morgan fingerprint density at radius 3 is 3.00 bits per heavy atom. The molecule has 0 bridgehead atoms. The van der Waals surface area contributed by atoms with Crippen molar-refractivity contribution in [3.63, 3.8) is 0 Å². The first-order chi connectivity index (χ1) is 8.77. The minimum Gasteiger partial charge on any atom is -0.478 e. The van der Waals surface area contributed by atoms with E-state index in [1.165, 1.54) is 12.3 Å². The number of rotatable bonds is 5. The molecule has 1 aliphatic rings. The number of hydrogen-bond acceptors (Lipinski definition) is 6. The lowest BCUT2D eigenvalue weighted by atomic mass is 10.3. The Labute approximate surface area is 105 Å². The highest BCUT2D eigenvalue weighted by Gasteiger charge is 2.12. The van der Waals surface area contributed by atoms with E-state index in [-0.39, 0.29) is 5.56 Å². The minimum atomic E-state index is -1.00. The lowest BCUT2D eigenvalue weighted by Crippen LogP contribution is -2.39. The van der Waals surface area contributed by atoms with Gasteiger partial charge in [0.1, 0.15) is 5.56 Å². The molecule has 0 saturated carbocycles. The second kappa shape index (κ2) is 6.27. The average molecular weight is 252 g/mol. The number of morpholine rings is 1. The molecule has 1 aromatic heterocycles. The van der Waals surface area contributed by atoms with E-state index < -0.39 is 5.97 Å². The Balaban J connectivity index is 1.84. The van der Waals surface area contributed by atoms with Crippen LogP contribution in [0.5, 0.6) is 0 Å². The third kappa shape index (κ3) is 3.38. The van der Waals surface area contributed by atoms with Crippen molar-refractivity contribution >= 4 is 11.8 Å². The van der Waals surface area contributed by atoms with Crippen molar-refractivity contribution in [1.29, 1.82) is 0 Å². The van der Waals surface area contributed by atoms with Gasteiger partial charge >= 0.3 is 5.97 Å². The predicted octanol–water partition coefficient (Wildman–Crippen LogP) is -0.0811. The first-order valence-electron chi connectivity index (χ1n) is 5.86. The number of carbonyl (C=O) groups is 1. The van der Waals surface area contributed by atoms with E-state index in [2.05, 4.69) is 20.4 Å². The molecule has 7 nitrogen and oxygen atoms in total. The minimum absolute atomic E-state index is 0.145. The molecule has 2 N–H and O–H groups in total. The monoisotopic (exact) mass is 252 g/mol. The van der Waals surface area contributed by atoms with Gasteiger partial charge in [0, 0.05) is 26.2 Å². The summed E-state index contributed by atoms with van der Waals surface area (Å²) in [5.74, 6) is -0.683. The third-order valence-corrected chi connectivity index (χ3v) is 2.78. The Morgan fingerprint density at radius 2 is 2.28 bits per heavy atom. The molecular formula is C11H16N4O3. The molecule has 1 aliphatic heterocycles. The van der Waals surface area contributed by atoms with E-state index in [9.17, 15) is 4.79 Å². The van der Waals surface area contributed by atoms with Gasteiger partial charge in [0.25, 0.3) is 0 Å². The van der Waals surface area contributed by atoms with Gasteiger partial charge in [-0.1, -0.05) is 0 Å². The van der Waals surface area contributed by atoms with Crippen LogP contribution < -0.4 is 5.32 Å². The summed E-state index contributed by atoms with van der Waals surface area (Å²) >= 11 is 0. The smallest absolute Gasteiger partial charge is 0.339 e. The maximum absolute atomic E-state index is 11.0. The van der Waals surface area contributed by atoms with Crippen molar-refractivity contribution in [3.8, 4) is 0 Å². The van der Waals surface area contributed by atoms with E-state index >= 15 is 0 Å². The molecule has 1 fully saturated rings. The number of anilines is 1. The Kier molecular flexibility index (Phi) is 4.43. The highest BCUT2D eigenvalue weighted by atomic mass is 16.5. The number of carboxylic acids is 1. The SMILES string of the molecule is O=C(O)c1ccnnc1NCCN1CCOCC1. The number of aromatic carboxylic acids is 1. The van der Waals surface area contributed by atoms with Crippen LogP contribution in [0.2, 0.25) is 0 Å². The van der Waals surface area contributed by atoms with Crippen LogP contribution in [0.3, 0.4) is 0 Å². The van der Waals surface area contributed by atoms with Gasteiger partial charge in [-0.3, -0.25) is 4.90 Å². The van der Waals surface area contributed by atoms with Crippen LogP contribution >= 0.6 is 0 Å². The lowest BCUT2D eigenvalue weighted by Gasteiger charge is -2.26. The van der Waals surface area contributed by atoms with Crippen molar-refractivity contribution in [2.75, 3.05) is 44.7 Å². The van der Waals surface area contributed by atoms with E-state index in [4.69, 9.17) is 9.84 Å². The maximum Gasteiger partial charge on any atom is 0.339 e. The Bertz CT molecular complexity index is 407. The molecule has 0 aromatic carbocycles. The van der Waals surface area contributed by atoms with Crippen LogP contribution in [-0.2, 0) is 4.74 Å². The molecule has 1 aromatic rings. The predicted molar refractivity (Wildman–Crippen MR) is 64.7 cm³/mol. The Morgan fingerprint density at radius 1 is 1.50 bits per heavy atom. The molecule has 2 heterocycles. The largest absolute Gasteiger partial charge is 0.478 e. The molecule has 1 saturated heterocycles. The molecule has 0 aliphatic carbocycles. The second-order valence-electron chi connectivity index (χ2n) is 3.98. The van der Waals surface area contributed by atoms with Crippen molar-refractivity contribution in [3.05, 3.63) is 17.8 Å². The lowest BCUT2D eigenvalue weighted by molar-refractivity contribution is 0.0398. The van der Waals surface area contributed by atoms with E-state index in [0.717, 1.165) is 32.8 Å². The molecule has 0 unspecified atom stereocenters. The average Bonchev–Trinajstić information content (AvgIpc) is 2.40. The van der Waals surface area contributed by atoms with Crippen molar-refractivity contribution in [2.45, 2.75) is 0 Å². The fourth-order valence-corrected chi connectivity index (χ4v) is 1.79. The van der Waals surface area contributed by atoms with Crippen molar-refractivity contribution in [1.82, 2.24) is 15.1 Å². The number of nitrogens with zero attached hydrogens (tertiary/aromatic N) is 3. The summed E-state index contributed by atoms with van der Waals surface area (Å²) < 4.78 is 5.25. The van der Waals surface area contributed by atoms with Gasteiger partial charge < -0.3 is 15.2 Å². The quantitative estimate of drug-likeness (QED) is 0.757. The summed E-state index contributed by atoms with van der Waals surface area (Å²) in [6.07, 6.45) is 1.37. The van der Waals surface area contributed by atoms with E-state index in [1.807, 2.05) is 0 Å². The summed E-state index contributed by atoms with van der Waals surface area (Å²) in [5, 5.41) is 19.5. The van der Waals surface area contributed by atoms with Crippen molar-refractivity contribution in [2.24, 2.45) is 0 Å². The second-order valence-corrected chi connectivity index (χ2v) is 3.98. The van der Waals surface area contributed by atoms with Crippen LogP contribution in [0.4, 0.5) is 5.82 Å². The zero-order valence-corrected chi connectivity index (χ0v) is 10.0. The van der Waals surface area contributed by atoms with Crippen LogP contribution in [0.1, 0.15) is 10.4 Å². The molecular weight excluding hydrogens is 236 g/mol. The number of carboxylic acid groups (broad SMARTS) is 1. The zero-order valence-electron chi connectivity index (χ0n) is 10.0. The van der Waals surface area contributed by atoms with Crippen LogP contribution in [0, 0.1) is 0 Å². The van der Waals surface area contributed by atoms with Gasteiger partial charge in [-0.2, -0.15) is 5.10 Å². The highest BCUT2D eigenvalue weighted by Crippen LogP contribution is 2.09. The molecule has 0 amide bonds. The van der Waals surface area contributed by atoms with E-state index in [1.54, 1.807) is 0 Å². The topological polar surface area (TPSA) is 87.6 Å². The van der Waals surface area contributed by atoms with Gasteiger partial charge in [-0.15, -0.1) is 5.10 Å². The number of hydrogen-bond donors (Lipinski definition) is 2. The third-order valence-electron chi connectivity index (χ3n) is 2.78. The normalized spacial score (nSPS) is 16.4. The van der Waals surface area contributed by atoms with E-state index in [0.29, 0.717) is 12.4 Å². The number of ether oxygens (including phenoxy) is 1. The van der Waals surface area contributed by atoms with Gasteiger partial charge in [0.15, 0.2) is 5.82 Å². The molecule has 7 heteroatoms. The van der Waals surface area contributed by atoms with Gasteiger partial charge in [0.2, 0.25) is 0 Å². The molecule has 0 atom stereocenters. The van der Waals surface area contributed by atoms with Crippen LogP contribution in [-0.4, -0.2) is 65.6 Å². The fraction of sp³-hybridized carbons (Fsp3) is 0.545. The van der Waals surface area contributed by atoms with Crippen LogP contribution in [0.15, 0.2) is 12.3 Å². The molecule has 2 rings (SSSR count). The molecule has 18 heavy (non-hydrogen) atoms. The van der Waals surface area contributed by atoms with Gasteiger partial charge in [0.05, 0.1) is 19.4 Å². The summed E-state index contributed by atoms with van der Waals surface area (Å²) in [5.41, 5.74) is 0.145. The number of aromatic nitrogens is 2. The molecule has 0 radical (unpaired) electrons. The van der Waals surface area contributed by atoms with Crippen LogP contribution in [0.25, 0.3) is 0 Å². The summed E-state index contributed by atoms with van der Waals surface area (Å²) in [7, 11) is 0. The summed E-state index contributed by atoms with van der Waals surface area (Å²) in [6, 6.07) is 1.44. The Hall–Kier alpha value is -1.73. The first kappa shape index (κ1) is 12.7. The first-order valence-corrected chi connectivity index (χ1v) is 5.86. The summed E-state index contributed by atoms with van der Waals surface area (Å²) in [6.45, 7) is 4.80. The highest BCUT2D eigenvalue weighted by molar-refractivity contribution is 5.92. The molecule has 98 valence electrons. The maximum atomic E-state index is 11.0.